The second-order valence-corrected chi connectivity index (χ2v) is 5.27. The minimum Gasteiger partial charge on any atom is -0.390 e. The van der Waals surface area contributed by atoms with Gasteiger partial charge in [-0.05, 0) is 22.6 Å². The molecule has 19 heavy (non-hydrogen) atoms. The van der Waals surface area contributed by atoms with Gasteiger partial charge < -0.3 is 15.6 Å². The molecule has 2 heterocycles. The molecule has 0 aromatic carbocycles. The molecule has 0 radical (unpaired) electrons. The molecule has 0 bridgehead atoms. The van der Waals surface area contributed by atoms with Crippen LogP contribution in [-0.2, 0) is 9.57 Å². The molecule has 1 fully saturated rings. The molecule has 3 atom stereocenters. The van der Waals surface area contributed by atoms with Gasteiger partial charge in [0.15, 0.2) is 0 Å². The maximum absolute atomic E-state index is 11.8. The van der Waals surface area contributed by atoms with E-state index in [-0.39, 0.29) is 12.4 Å². The number of hydrogen-bond donors (Lipinski definition) is 3. The molecule has 9 heteroatoms. The summed E-state index contributed by atoms with van der Waals surface area (Å²) < 4.78 is 7.59. The number of ether oxygens (including phenoxy) is 1. The average Bonchev–Trinajstić information content (AvgIpc) is 2.72. The lowest BCUT2D eigenvalue weighted by atomic mass is 10.2. The van der Waals surface area contributed by atoms with Crippen LogP contribution in [0.1, 0.15) is 12.6 Å². The Morgan fingerprint density at radius 1 is 1.79 bits per heavy atom. The van der Waals surface area contributed by atoms with E-state index < -0.39 is 24.1 Å². The zero-order valence-corrected chi connectivity index (χ0v) is 12.4. The number of hydroxylamine groups is 1. The quantitative estimate of drug-likeness (QED) is 0.463. The normalized spacial score (nSPS) is 26.8. The van der Waals surface area contributed by atoms with Gasteiger partial charge in [-0.25, -0.2) is 10.3 Å². The van der Waals surface area contributed by atoms with Crippen molar-refractivity contribution in [3.63, 3.8) is 0 Å². The van der Waals surface area contributed by atoms with Crippen molar-refractivity contribution in [2.24, 2.45) is 0 Å². The summed E-state index contributed by atoms with van der Waals surface area (Å²) in [7, 11) is 1.62. The highest BCUT2D eigenvalue weighted by molar-refractivity contribution is 14.1. The summed E-state index contributed by atoms with van der Waals surface area (Å²) in [5, 5.41) is 9.87. The molecule has 1 aromatic rings. The van der Waals surface area contributed by atoms with Crippen LogP contribution in [0.15, 0.2) is 11.0 Å². The van der Waals surface area contributed by atoms with E-state index in [1.54, 1.807) is 13.2 Å². The van der Waals surface area contributed by atoms with Crippen LogP contribution in [0.2, 0.25) is 0 Å². The van der Waals surface area contributed by atoms with E-state index in [0.29, 0.717) is 9.99 Å². The maximum atomic E-state index is 11.8. The summed E-state index contributed by atoms with van der Waals surface area (Å²) in [5.74, 6) is 0.190. The largest absolute Gasteiger partial charge is 0.390 e. The molecule has 0 spiro atoms. The van der Waals surface area contributed by atoms with Crippen LogP contribution in [0.5, 0.6) is 0 Å². The number of anilines is 1. The molecular weight excluding hydrogens is 367 g/mol. The van der Waals surface area contributed by atoms with Crippen LogP contribution in [0, 0.1) is 3.57 Å². The molecule has 1 aromatic heterocycles. The number of aliphatic hydroxyl groups excluding tert-OH is 1. The molecule has 8 nitrogen and oxygen atoms in total. The van der Waals surface area contributed by atoms with E-state index in [4.69, 9.17) is 15.3 Å². The van der Waals surface area contributed by atoms with Gasteiger partial charge in [0.05, 0.1) is 16.3 Å². The van der Waals surface area contributed by atoms with Gasteiger partial charge in [-0.15, -0.1) is 0 Å². The second kappa shape index (κ2) is 6.13. The number of nitrogens with one attached hydrogen (secondary N) is 1. The van der Waals surface area contributed by atoms with E-state index in [1.165, 1.54) is 4.57 Å². The van der Waals surface area contributed by atoms with Gasteiger partial charge in [0, 0.05) is 19.7 Å². The standard InChI is InChI=1S/C10H15IN4O4/c1-13-18-4-7-6(16)2-8(19-7)15-3-5(11)9(12)14-10(15)17/h3,6-8,13,16H,2,4H2,1H3,(H2,12,14,17)/t6-,7+,8+/m0/s1. The molecule has 4 N–H and O–H groups in total. The number of rotatable bonds is 4. The number of aromatic nitrogens is 2. The van der Waals surface area contributed by atoms with Crippen LogP contribution >= 0.6 is 22.6 Å². The minimum absolute atomic E-state index is 0.190. The molecule has 106 valence electrons. The Bertz CT molecular complexity index is 509. The third-order valence-electron chi connectivity index (χ3n) is 2.84. The maximum Gasteiger partial charge on any atom is 0.351 e. The number of halogens is 1. The Balaban J connectivity index is 2.16. The van der Waals surface area contributed by atoms with Crippen molar-refractivity contribution in [1.82, 2.24) is 15.0 Å². The predicted molar refractivity (Wildman–Crippen MR) is 75.2 cm³/mol. The van der Waals surface area contributed by atoms with Gasteiger partial charge in [0.2, 0.25) is 0 Å². The van der Waals surface area contributed by atoms with E-state index in [0.717, 1.165) is 0 Å². The zero-order valence-electron chi connectivity index (χ0n) is 10.2. The Hall–Kier alpha value is -0.750. The SMILES string of the molecule is CNOC[C@H]1O[C@@H](n2cc(I)c(N)nc2=O)C[C@@H]1O. The van der Waals surface area contributed by atoms with Crippen molar-refractivity contribution >= 4 is 28.4 Å². The smallest absolute Gasteiger partial charge is 0.351 e. The van der Waals surface area contributed by atoms with Crippen molar-refractivity contribution in [3.8, 4) is 0 Å². The summed E-state index contributed by atoms with van der Waals surface area (Å²) in [6.45, 7) is 0.197. The highest BCUT2D eigenvalue weighted by atomic mass is 127. The Kier molecular flexibility index (Phi) is 4.73. The Labute approximate surface area is 123 Å². The number of aliphatic hydroxyl groups is 1. The third-order valence-corrected chi connectivity index (χ3v) is 3.67. The van der Waals surface area contributed by atoms with E-state index >= 15 is 0 Å². The Morgan fingerprint density at radius 3 is 3.21 bits per heavy atom. The first-order valence-electron chi connectivity index (χ1n) is 5.69. The monoisotopic (exact) mass is 382 g/mol. The molecule has 0 amide bonds. The number of hydrogen-bond acceptors (Lipinski definition) is 7. The number of nitrogens with zero attached hydrogens (tertiary/aromatic N) is 2. The molecule has 0 aliphatic carbocycles. The number of nitrogen functional groups attached to an aromatic ring is 1. The summed E-state index contributed by atoms with van der Waals surface area (Å²) in [5.41, 5.74) is 7.57. The van der Waals surface area contributed by atoms with Crippen molar-refractivity contribution in [1.29, 1.82) is 0 Å². The van der Waals surface area contributed by atoms with Gasteiger partial charge >= 0.3 is 5.69 Å². The third kappa shape index (κ3) is 3.23. The van der Waals surface area contributed by atoms with Gasteiger partial charge in [0.25, 0.3) is 0 Å². The van der Waals surface area contributed by atoms with E-state index in [9.17, 15) is 9.90 Å². The highest BCUT2D eigenvalue weighted by Gasteiger charge is 2.35. The molecule has 0 saturated carbocycles. The highest BCUT2D eigenvalue weighted by Crippen LogP contribution is 2.28. The van der Waals surface area contributed by atoms with Crippen molar-refractivity contribution in [2.45, 2.75) is 24.9 Å². The van der Waals surface area contributed by atoms with E-state index in [2.05, 4.69) is 10.5 Å². The van der Waals surface area contributed by atoms with Crippen molar-refractivity contribution in [2.75, 3.05) is 19.4 Å². The second-order valence-electron chi connectivity index (χ2n) is 4.11. The fourth-order valence-electron chi connectivity index (χ4n) is 1.87. The summed E-state index contributed by atoms with van der Waals surface area (Å²) in [6, 6.07) is 0. The fraction of sp³-hybridized carbons (Fsp3) is 0.600. The van der Waals surface area contributed by atoms with Crippen molar-refractivity contribution in [3.05, 3.63) is 20.3 Å². The fourth-order valence-corrected chi connectivity index (χ4v) is 2.29. The molecule has 2 rings (SSSR count). The average molecular weight is 382 g/mol. The van der Waals surface area contributed by atoms with Crippen LogP contribution in [-0.4, -0.2) is 40.5 Å². The lowest BCUT2D eigenvalue weighted by Gasteiger charge is -2.16. The lowest BCUT2D eigenvalue weighted by Crippen LogP contribution is -2.30. The van der Waals surface area contributed by atoms with Gasteiger partial charge in [-0.1, -0.05) is 0 Å². The first-order valence-corrected chi connectivity index (χ1v) is 6.77. The minimum atomic E-state index is -0.694. The van der Waals surface area contributed by atoms with Gasteiger partial charge in [0.1, 0.15) is 18.1 Å². The molecule has 1 saturated heterocycles. The summed E-state index contributed by atoms with van der Waals surface area (Å²) in [4.78, 5) is 20.5. The van der Waals surface area contributed by atoms with E-state index in [1.807, 2.05) is 22.6 Å². The van der Waals surface area contributed by atoms with Crippen molar-refractivity contribution < 1.29 is 14.7 Å². The predicted octanol–water partition coefficient (Wildman–Crippen LogP) is -0.770. The first-order chi connectivity index (χ1) is 9.02. The van der Waals surface area contributed by atoms with Gasteiger partial charge in [-0.2, -0.15) is 4.98 Å². The van der Waals surface area contributed by atoms with Crippen LogP contribution in [0.3, 0.4) is 0 Å². The molecule has 1 aliphatic rings. The zero-order chi connectivity index (χ0) is 14.0. The first kappa shape index (κ1) is 14.7. The molecular formula is C10H15IN4O4. The van der Waals surface area contributed by atoms with Gasteiger partial charge in [-0.3, -0.25) is 9.40 Å². The van der Waals surface area contributed by atoms with Crippen LogP contribution < -0.4 is 16.9 Å². The summed E-state index contributed by atoms with van der Waals surface area (Å²) in [6.07, 6.45) is 0.137. The lowest BCUT2D eigenvalue weighted by molar-refractivity contribution is -0.0816. The topological polar surface area (TPSA) is 112 Å². The van der Waals surface area contributed by atoms with Crippen LogP contribution in [0.4, 0.5) is 5.82 Å². The van der Waals surface area contributed by atoms with Crippen LogP contribution in [0.25, 0.3) is 0 Å². The summed E-state index contributed by atoms with van der Waals surface area (Å²) >= 11 is 1.99. The Morgan fingerprint density at radius 2 is 2.53 bits per heavy atom. The molecule has 1 aliphatic heterocycles. The number of nitrogens with two attached hydrogens (primary N) is 1. The molecule has 0 unspecified atom stereocenters.